The van der Waals surface area contributed by atoms with Crippen LogP contribution in [0.2, 0.25) is 0 Å². The molecule has 0 aliphatic heterocycles. The van der Waals surface area contributed by atoms with E-state index in [0.29, 0.717) is 13.0 Å². The summed E-state index contributed by atoms with van der Waals surface area (Å²) in [7, 11) is 0. The van der Waals surface area contributed by atoms with Gasteiger partial charge in [-0.1, -0.05) is 84.0 Å². The first kappa shape index (κ1) is 31.9. The van der Waals surface area contributed by atoms with E-state index in [0.717, 1.165) is 96.7 Å². The fraction of sp³-hybridized carbons (Fsp3) is 0.926. The Morgan fingerprint density at radius 2 is 1.12 bits per heavy atom. The molecule has 6 nitrogen and oxygen atoms in total. The minimum Gasteiger partial charge on any atom is -0.481 e. The summed E-state index contributed by atoms with van der Waals surface area (Å²) in [5, 5.41) is 17.9. The van der Waals surface area contributed by atoms with Crippen LogP contribution in [-0.4, -0.2) is 59.9 Å². The number of hydrogen-bond donors (Lipinski definition) is 2. The third-order valence-electron chi connectivity index (χ3n) is 6.15. The Morgan fingerprint density at radius 3 is 1.67 bits per heavy atom. The summed E-state index contributed by atoms with van der Waals surface area (Å²) >= 11 is 0. The number of nitrogens with zero attached hydrogens (tertiary/aromatic N) is 1. The fourth-order valence-electron chi connectivity index (χ4n) is 4.07. The van der Waals surface area contributed by atoms with Crippen LogP contribution >= 0.6 is 0 Å². The Kier molecular flexibility index (Phi) is 24.6. The van der Waals surface area contributed by atoms with E-state index in [9.17, 15) is 14.7 Å². The molecule has 0 bridgehead atoms. The molecule has 0 radical (unpaired) electrons. The summed E-state index contributed by atoms with van der Waals surface area (Å²) in [6.45, 7) is 5.75. The molecule has 0 fully saturated rings. The molecule has 0 spiro atoms. The maximum atomic E-state index is 11.8. The number of carbonyl (C=O) groups excluding carboxylic acids is 1. The summed E-state index contributed by atoms with van der Waals surface area (Å²) in [6.07, 6.45) is 19.9. The average molecular weight is 472 g/mol. The second-order valence-corrected chi connectivity index (χ2v) is 9.34. The van der Waals surface area contributed by atoms with Gasteiger partial charge in [0.2, 0.25) is 0 Å². The molecule has 0 aliphatic carbocycles. The highest BCUT2D eigenvalue weighted by Crippen LogP contribution is 2.10. The molecule has 0 atom stereocenters. The Bertz CT molecular complexity index is 444. The molecule has 0 aromatic carbocycles. The molecule has 33 heavy (non-hydrogen) atoms. The van der Waals surface area contributed by atoms with Gasteiger partial charge in [0.05, 0.1) is 13.2 Å². The molecule has 0 heterocycles. The van der Waals surface area contributed by atoms with E-state index in [4.69, 9.17) is 9.84 Å². The smallest absolute Gasteiger partial charge is 0.305 e. The fourth-order valence-corrected chi connectivity index (χ4v) is 4.07. The topological polar surface area (TPSA) is 87.1 Å². The number of esters is 1. The van der Waals surface area contributed by atoms with Gasteiger partial charge in [0.25, 0.3) is 0 Å². The Morgan fingerprint density at radius 1 is 0.636 bits per heavy atom. The maximum absolute atomic E-state index is 11.8. The van der Waals surface area contributed by atoms with Gasteiger partial charge in [-0.3, -0.25) is 9.59 Å². The number of rotatable bonds is 26. The lowest BCUT2D eigenvalue weighted by Gasteiger charge is -2.21. The van der Waals surface area contributed by atoms with Crippen molar-refractivity contribution in [2.75, 3.05) is 32.8 Å². The highest BCUT2D eigenvalue weighted by atomic mass is 16.5. The number of carboxylic acid groups (broad SMARTS) is 1. The average Bonchev–Trinajstić information content (AvgIpc) is 2.79. The second-order valence-electron chi connectivity index (χ2n) is 9.34. The summed E-state index contributed by atoms with van der Waals surface area (Å²) in [6, 6.07) is 0. The molecule has 0 aromatic rings. The van der Waals surface area contributed by atoms with Crippen LogP contribution in [0.3, 0.4) is 0 Å². The van der Waals surface area contributed by atoms with Gasteiger partial charge in [-0.15, -0.1) is 0 Å². The van der Waals surface area contributed by atoms with Crippen molar-refractivity contribution in [1.82, 2.24) is 4.90 Å². The van der Waals surface area contributed by atoms with Gasteiger partial charge >= 0.3 is 11.9 Å². The van der Waals surface area contributed by atoms with Crippen molar-refractivity contribution in [2.24, 2.45) is 0 Å². The number of carbonyl (C=O) groups is 2. The molecule has 0 aliphatic rings. The van der Waals surface area contributed by atoms with Crippen LogP contribution in [0.1, 0.15) is 129 Å². The number of unbranched alkanes of at least 4 members (excludes halogenated alkanes) is 14. The van der Waals surface area contributed by atoms with Crippen LogP contribution in [-0.2, 0) is 14.3 Å². The highest BCUT2D eigenvalue weighted by molar-refractivity contribution is 5.69. The molecular formula is C27H53NO5. The van der Waals surface area contributed by atoms with Crippen LogP contribution in [0.4, 0.5) is 0 Å². The number of aliphatic hydroxyl groups is 1. The third-order valence-corrected chi connectivity index (χ3v) is 6.15. The summed E-state index contributed by atoms with van der Waals surface area (Å²) in [4.78, 5) is 24.6. The summed E-state index contributed by atoms with van der Waals surface area (Å²) in [5.74, 6) is -0.749. The van der Waals surface area contributed by atoms with Crippen LogP contribution in [0, 0.1) is 0 Å². The SMILES string of the molecule is CCCCCCCCCOC(=O)CCCCCCCN(CCO)CCCCCCCC(=O)O. The number of carboxylic acids is 1. The van der Waals surface area contributed by atoms with Crippen LogP contribution in [0.25, 0.3) is 0 Å². The van der Waals surface area contributed by atoms with Gasteiger partial charge in [-0.05, 0) is 45.2 Å². The lowest BCUT2D eigenvalue weighted by Crippen LogP contribution is -2.29. The molecule has 0 unspecified atom stereocenters. The van der Waals surface area contributed by atoms with E-state index >= 15 is 0 Å². The number of aliphatic hydroxyl groups excluding tert-OH is 1. The molecule has 196 valence electrons. The first-order chi connectivity index (χ1) is 16.1. The van der Waals surface area contributed by atoms with E-state index in [1.807, 2.05) is 0 Å². The van der Waals surface area contributed by atoms with Gasteiger partial charge in [0, 0.05) is 19.4 Å². The molecule has 0 aromatic heterocycles. The maximum Gasteiger partial charge on any atom is 0.305 e. The van der Waals surface area contributed by atoms with E-state index < -0.39 is 5.97 Å². The molecule has 0 saturated carbocycles. The van der Waals surface area contributed by atoms with Crippen LogP contribution < -0.4 is 0 Å². The first-order valence-electron chi connectivity index (χ1n) is 13.8. The van der Waals surface area contributed by atoms with Crippen LogP contribution in [0.15, 0.2) is 0 Å². The zero-order valence-corrected chi connectivity index (χ0v) is 21.5. The second kappa shape index (κ2) is 25.5. The molecule has 0 saturated heterocycles. The van der Waals surface area contributed by atoms with Gasteiger partial charge in [0.1, 0.15) is 0 Å². The van der Waals surface area contributed by atoms with Gasteiger partial charge in [-0.25, -0.2) is 0 Å². The summed E-state index contributed by atoms with van der Waals surface area (Å²) in [5.41, 5.74) is 0. The van der Waals surface area contributed by atoms with Gasteiger partial charge in [0.15, 0.2) is 0 Å². The monoisotopic (exact) mass is 471 g/mol. The van der Waals surface area contributed by atoms with E-state index in [1.54, 1.807) is 0 Å². The summed E-state index contributed by atoms with van der Waals surface area (Å²) < 4.78 is 5.34. The Balaban J connectivity index is 3.50. The quantitative estimate of drug-likeness (QED) is 0.113. The Hall–Kier alpha value is -1.14. The number of ether oxygens (including phenoxy) is 1. The molecule has 0 amide bonds. The predicted octanol–water partition coefficient (Wildman–Crippen LogP) is 6.34. The van der Waals surface area contributed by atoms with Crippen molar-refractivity contribution in [3.63, 3.8) is 0 Å². The third kappa shape index (κ3) is 25.3. The minimum atomic E-state index is -0.706. The van der Waals surface area contributed by atoms with E-state index in [2.05, 4.69) is 11.8 Å². The first-order valence-corrected chi connectivity index (χ1v) is 13.8. The van der Waals surface area contributed by atoms with Crippen molar-refractivity contribution >= 4 is 11.9 Å². The predicted molar refractivity (Wildman–Crippen MR) is 136 cm³/mol. The lowest BCUT2D eigenvalue weighted by atomic mass is 10.1. The molecule has 0 rings (SSSR count). The minimum absolute atomic E-state index is 0.0435. The molecule has 6 heteroatoms. The van der Waals surface area contributed by atoms with Crippen molar-refractivity contribution in [2.45, 2.75) is 129 Å². The normalized spacial score (nSPS) is 11.2. The van der Waals surface area contributed by atoms with E-state index in [1.165, 1.54) is 32.1 Å². The van der Waals surface area contributed by atoms with Gasteiger partial charge < -0.3 is 19.8 Å². The Labute approximate surface area is 203 Å². The molecular weight excluding hydrogens is 418 g/mol. The van der Waals surface area contributed by atoms with Crippen molar-refractivity contribution in [1.29, 1.82) is 0 Å². The number of hydrogen-bond acceptors (Lipinski definition) is 5. The van der Waals surface area contributed by atoms with Crippen LogP contribution in [0.5, 0.6) is 0 Å². The zero-order chi connectivity index (χ0) is 24.4. The lowest BCUT2D eigenvalue weighted by molar-refractivity contribution is -0.144. The van der Waals surface area contributed by atoms with Crippen molar-refractivity contribution in [3.05, 3.63) is 0 Å². The zero-order valence-electron chi connectivity index (χ0n) is 21.5. The van der Waals surface area contributed by atoms with Gasteiger partial charge in [-0.2, -0.15) is 0 Å². The molecule has 2 N–H and O–H groups in total. The highest BCUT2D eigenvalue weighted by Gasteiger charge is 2.05. The van der Waals surface area contributed by atoms with E-state index in [-0.39, 0.29) is 19.0 Å². The largest absolute Gasteiger partial charge is 0.481 e. The van der Waals surface area contributed by atoms with Crippen molar-refractivity contribution < 1.29 is 24.5 Å². The standard InChI is InChI=1S/C27H53NO5/c1-2-3-4-5-6-13-18-25-33-27(32)20-15-10-8-12-17-22-28(23-24-29)21-16-11-7-9-14-19-26(30)31/h29H,2-25H2,1H3,(H,30,31). The number of aliphatic carboxylic acids is 1. The van der Waals surface area contributed by atoms with Crippen molar-refractivity contribution in [3.8, 4) is 0 Å².